The highest BCUT2D eigenvalue weighted by Crippen LogP contribution is 2.14. The summed E-state index contributed by atoms with van der Waals surface area (Å²) in [4.78, 5) is 0. The molecule has 0 spiro atoms. The second-order valence-electron chi connectivity index (χ2n) is 4.01. The van der Waals surface area contributed by atoms with Crippen LogP contribution in [-0.4, -0.2) is 13.2 Å². The Morgan fingerprint density at radius 2 is 2.06 bits per heavy atom. The van der Waals surface area contributed by atoms with Crippen LogP contribution in [0.2, 0.25) is 0 Å². The molecule has 0 saturated heterocycles. The van der Waals surface area contributed by atoms with Crippen molar-refractivity contribution in [2.45, 2.75) is 25.9 Å². The van der Waals surface area contributed by atoms with Gasteiger partial charge in [0.25, 0.3) is 0 Å². The smallest absolute Gasteiger partial charge is 0.0717 e. The van der Waals surface area contributed by atoms with Gasteiger partial charge in [0.15, 0.2) is 0 Å². The van der Waals surface area contributed by atoms with Crippen LogP contribution in [0.1, 0.15) is 30.4 Å². The normalized spacial score (nSPS) is 12.4. The summed E-state index contributed by atoms with van der Waals surface area (Å²) in [6.07, 6.45) is 2.77. The van der Waals surface area contributed by atoms with Crippen molar-refractivity contribution in [1.29, 1.82) is 0 Å². The van der Waals surface area contributed by atoms with E-state index in [-0.39, 0.29) is 0 Å². The second kappa shape index (κ2) is 7.20. The highest BCUT2D eigenvalue weighted by Gasteiger charge is 2.02. The van der Waals surface area contributed by atoms with Gasteiger partial charge in [0.1, 0.15) is 0 Å². The predicted molar refractivity (Wildman–Crippen MR) is 68.4 cm³/mol. The van der Waals surface area contributed by atoms with Crippen molar-refractivity contribution in [3.8, 4) is 0 Å². The summed E-state index contributed by atoms with van der Waals surface area (Å²) >= 11 is 0. The minimum atomic E-state index is 0.427. The minimum Gasteiger partial charge on any atom is -0.376 e. The molecule has 2 N–H and O–H groups in total. The summed E-state index contributed by atoms with van der Waals surface area (Å²) in [6.45, 7) is 7.89. The van der Waals surface area contributed by atoms with E-state index in [1.165, 1.54) is 11.1 Å². The van der Waals surface area contributed by atoms with E-state index in [9.17, 15) is 0 Å². The molecule has 0 fully saturated rings. The fraction of sp³-hybridized carbons (Fsp3) is 0.429. The molecule has 0 aliphatic rings. The van der Waals surface area contributed by atoms with Crippen LogP contribution >= 0.6 is 0 Å². The summed E-state index contributed by atoms with van der Waals surface area (Å²) in [5.41, 5.74) is 8.12. The lowest BCUT2D eigenvalue weighted by atomic mass is 10.0. The first-order chi connectivity index (χ1) is 7.77. The van der Waals surface area contributed by atoms with Crippen LogP contribution < -0.4 is 5.73 Å². The number of rotatable bonds is 7. The molecule has 0 heterocycles. The number of benzene rings is 1. The van der Waals surface area contributed by atoms with Gasteiger partial charge < -0.3 is 10.5 Å². The number of ether oxygens (including phenoxy) is 1. The van der Waals surface area contributed by atoms with Crippen molar-refractivity contribution in [2.75, 3.05) is 13.2 Å². The van der Waals surface area contributed by atoms with Crippen LogP contribution in [0, 0.1) is 0 Å². The van der Waals surface area contributed by atoms with Gasteiger partial charge in [-0.05, 0) is 30.0 Å². The zero-order valence-corrected chi connectivity index (χ0v) is 9.99. The standard InChI is InChI=1S/C14H21NO/c1-3-4-9-16-11-13-5-7-14(8-6-13)12(2)10-15/h3,5-8,12H,1,4,9-11,15H2,2H3. The lowest BCUT2D eigenvalue weighted by Crippen LogP contribution is -2.08. The average molecular weight is 219 g/mol. The summed E-state index contributed by atoms with van der Waals surface area (Å²) in [5, 5.41) is 0. The Morgan fingerprint density at radius 1 is 1.38 bits per heavy atom. The summed E-state index contributed by atoms with van der Waals surface area (Å²) in [5.74, 6) is 0.427. The van der Waals surface area contributed by atoms with Crippen LogP contribution in [0.3, 0.4) is 0 Å². The number of hydrogen-bond acceptors (Lipinski definition) is 2. The van der Waals surface area contributed by atoms with Crippen molar-refractivity contribution in [3.63, 3.8) is 0 Å². The third-order valence-corrected chi connectivity index (χ3v) is 2.64. The quantitative estimate of drug-likeness (QED) is 0.565. The second-order valence-corrected chi connectivity index (χ2v) is 4.01. The largest absolute Gasteiger partial charge is 0.376 e. The molecular weight excluding hydrogens is 198 g/mol. The Morgan fingerprint density at radius 3 is 2.62 bits per heavy atom. The molecule has 1 rings (SSSR count). The van der Waals surface area contributed by atoms with Gasteiger partial charge in [-0.2, -0.15) is 0 Å². The molecule has 1 aromatic carbocycles. The Balaban J connectivity index is 2.42. The summed E-state index contributed by atoms with van der Waals surface area (Å²) in [7, 11) is 0. The zero-order valence-electron chi connectivity index (χ0n) is 9.99. The molecule has 0 aromatic heterocycles. The van der Waals surface area contributed by atoms with Gasteiger partial charge in [0, 0.05) is 0 Å². The summed E-state index contributed by atoms with van der Waals surface area (Å²) in [6, 6.07) is 8.47. The fourth-order valence-electron chi connectivity index (χ4n) is 1.44. The molecule has 0 saturated carbocycles. The van der Waals surface area contributed by atoms with Gasteiger partial charge in [-0.25, -0.2) is 0 Å². The number of nitrogens with two attached hydrogens (primary N) is 1. The van der Waals surface area contributed by atoms with Gasteiger partial charge in [0.05, 0.1) is 13.2 Å². The first kappa shape index (κ1) is 12.9. The van der Waals surface area contributed by atoms with Crippen LogP contribution in [0.25, 0.3) is 0 Å². The maximum absolute atomic E-state index is 5.62. The first-order valence-corrected chi connectivity index (χ1v) is 5.75. The highest BCUT2D eigenvalue weighted by molar-refractivity contribution is 5.24. The third-order valence-electron chi connectivity index (χ3n) is 2.64. The van der Waals surface area contributed by atoms with Crippen molar-refractivity contribution < 1.29 is 4.74 Å². The van der Waals surface area contributed by atoms with E-state index in [1.54, 1.807) is 0 Å². The van der Waals surface area contributed by atoms with E-state index >= 15 is 0 Å². The van der Waals surface area contributed by atoms with Crippen molar-refractivity contribution in [1.82, 2.24) is 0 Å². The Kier molecular flexibility index (Phi) is 5.83. The van der Waals surface area contributed by atoms with Crippen LogP contribution in [-0.2, 0) is 11.3 Å². The molecule has 1 atom stereocenters. The van der Waals surface area contributed by atoms with Crippen molar-refractivity contribution >= 4 is 0 Å². The molecule has 0 bridgehead atoms. The van der Waals surface area contributed by atoms with E-state index in [2.05, 4.69) is 37.8 Å². The maximum atomic E-state index is 5.62. The minimum absolute atomic E-state index is 0.427. The average Bonchev–Trinajstić information content (AvgIpc) is 2.34. The molecule has 16 heavy (non-hydrogen) atoms. The van der Waals surface area contributed by atoms with E-state index in [4.69, 9.17) is 10.5 Å². The van der Waals surface area contributed by atoms with Gasteiger partial charge >= 0.3 is 0 Å². The van der Waals surface area contributed by atoms with E-state index in [0.29, 0.717) is 19.1 Å². The van der Waals surface area contributed by atoms with Crippen LogP contribution in [0.15, 0.2) is 36.9 Å². The lowest BCUT2D eigenvalue weighted by Gasteiger charge is -2.09. The van der Waals surface area contributed by atoms with Gasteiger partial charge in [-0.1, -0.05) is 37.3 Å². The molecule has 88 valence electrons. The molecule has 1 unspecified atom stereocenters. The molecule has 0 aliphatic heterocycles. The lowest BCUT2D eigenvalue weighted by molar-refractivity contribution is 0.125. The monoisotopic (exact) mass is 219 g/mol. The van der Waals surface area contributed by atoms with Gasteiger partial charge in [-0.15, -0.1) is 6.58 Å². The van der Waals surface area contributed by atoms with E-state index in [0.717, 1.165) is 13.0 Å². The van der Waals surface area contributed by atoms with Gasteiger partial charge in [-0.3, -0.25) is 0 Å². The van der Waals surface area contributed by atoms with Crippen molar-refractivity contribution in [2.24, 2.45) is 5.73 Å². The fourth-order valence-corrected chi connectivity index (χ4v) is 1.44. The first-order valence-electron chi connectivity index (χ1n) is 5.75. The van der Waals surface area contributed by atoms with Gasteiger partial charge in [0.2, 0.25) is 0 Å². The molecule has 1 aromatic rings. The molecular formula is C14H21NO. The van der Waals surface area contributed by atoms with Crippen LogP contribution in [0.4, 0.5) is 0 Å². The Labute approximate surface area is 98.1 Å². The molecule has 2 nitrogen and oxygen atoms in total. The number of hydrogen-bond donors (Lipinski definition) is 1. The van der Waals surface area contributed by atoms with Crippen molar-refractivity contribution in [3.05, 3.63) is 48.0 Å². The van der Waals surface area contributed by atoms with Crippen LogP contribution in [0.5, 0.6) is 0 Å². The maximum Gasteiger partial charge on any atom is 0.0717 e. The molecule has 0 aliphatic carbocycles. The molecule has 0 radical (unpaired) electrons. The Bertz CT molecular complexity index is 305. The molecule has 2 heteroatoms. The Hall–Kier alpha value is -1.12. The van der Waals surface area contributed by atoms with E-state index < -0.39 is 0 Å². The van der Waals surface area contributed by atoms with E-state index in [1.807, 2.05) is 6.08 Å². The SMILES string of the molecule is C=CCCOCc1ccc(C(C)CN)cc1. The molecule has 0 amide bonds. The zero-order chi connectivity index (χ0) is 11.8. The topological polar surface area (TPSA) is 35.2 Å². The highest BCUT2D eigenvalue weighted by atomic mass is 16.5. The summed E-state index contributed by atoms with van der Waals surface area (Å²) < 4.78 is 5.49. The third kappa shape index (κ3) is 4.17. The predicted octanol–water partition coefficient (Wildman–Crippen LogP) is 2.84.